The van der Waals surface area contributed by atoms with E-state index in [0.717, 1.165) is 43.1 Å². The Labute approximate surface area is 178 Å². The third kappa shape index (κ3) is 4.73. The van der Waals surface area contributed by atoms with Gasteiger partial charge in [0.2, 0.25) is 5.95 Å². The summed E-state index contributed by atoms with van der Waals surface area (Å²) in [5.74, 6) is 0.730. The number of aromatic nitrogens is 2. The van der Waals surface area contributed by atoms with Crippen LogP contribution in [-0.4, -0.2) is 64.9 Å². The highest BCUT2D eigenvalue weighted by Crippen LogP contribution is 2.32. The summed E-state index contributed by atoms with van der Waals surface area (Å²) in [6, 6.07) is 12.1. The molecule has 0 unspecified atom stereocenters. The van der Waals surface area contributed by atoms with Crippen LogP contribution in [0.2, 0.25) is 0 Å². The van der Waals surface area contributed by atoms with Crippen molar-refractivity contribution in [1.29, 1.82) is 0 Å². The fraction of sp³-hybridized carbons (Fsp3) is 0.522. The van der Waals surface area contributed by atoms with E-state index in [1.54, 1.807) is 4.90 Å². The van der Waals surface area contributed by atoms with Crippen LogP contribution in [0.1, 0.15) is 33.6 Å². The Kier molecular flexibility index (Phi) is 5.64. The second-order valence-corrected chi connectivity index (χ2v) is 9.03. The predicted octanol–water partition coefficient (Wildman–Crippen LogP) is 3.75. The lowest BCUT2D eigenvalue weighted by Gasteiger charge is -2.47. The maximum atomic E-state index is 12.4. The second-order valence-electron chi connectivity index (χ2n) is 9.03. The van der Waals surface area contributed by atoms with Crippen molar-refractivity contribution in [3.63, 3.8) is 0 Å². The van der Waals surface area contributed by atoms with Gasteiger partial charge in [-0.15, -0.1) is 0 Å². The Morgan fingerprint density at radius 3 is 2.53 bits per heavy atom. The van der Waals surface area contributed by atoms with Crippen LogP contribution in [0.15, 0.2) is 42.6 Å². The van der Waals surface area contributed by atoms with Gasteiger partial charge >= 0.3 is 6.09 Å². The van der Waals surface area contributed by atoms with Crippen molar-refractivity contribution >= 4 is 12.0 Å². The van der Waals surface area contributed by atoms with Crippen LogP contribution in [0.5, 0.6) is 0 Å². The largest absolute Gasteiger partial charge is 0.444 e. The number of ether oxygens (including phenoxy) is 2. The fourth-order valence-corrected chi connectivity index (χ4v) is 4.01. The molecule has 1 amide bonds. The van der Waals surface area contributed by atoms with Gasteiger partial charge in [0.25, 0.3) is 0 Å². The van der Waals surface area contributed by atoms with Crippen molar-refractivity contribution in [2.75, 3.05) is 37.7 Å². The predicted molar refractivity (Wildman–Crippen MR) is 115 cm³/mol. The number of piperidine rings is 1. The summed E-state index contributed by atoms with van der Waals surface area (Å²) in [5.41, 5.74) is 1.24. The average molecular weight is 411 g/mol. The first kappa shape index (κ1) is 20.6. The van der Waals surface area contributed by atoms with Gasteiger partial charge in [-0.3, -0.25) is 0 Å². The van der Waals surface area contributed by atoms with Gasteiger partial charge in [-0.1, -0.05) is 30.3 Å². The standard InChI is InChI=1S/C23H30N4O3/c1-22(2,3)30-21(28)26-13-10-23(11-14-26)17-27(15-16-29-23)20-24-12-9-19(25-20)18-7-5-4-6-8-18/h4-9,12H,10-11,13-17H2,1-3H3. The lowest BCUT2D eigenvalue weighted by atomic mass is 9.89. The van der Waals surface area contributed by atoms with Crippen molar-refractivity contribution in [2.24, 2.45) is 0 Å². The Balaban J connectivity index is 1.43. The summed E-state index contributed by atoms with van der Waals surface area (Å²) >= 11 is 0. The number of carbonyl (C=O) groups excluding carboxylic acids is 1. The van der Waals surface area contributed by atoms with Crippen LogP contribution in [0, 0.1) is 0 Å². The van der Waals surface area contributed by atoms with Crippen LogP contribution < -0.4 is 4.90 Å². The molecule has 1 spiro atoms. The van der Waals surface area contributed by atoms with Gasteiger partial charge in [0, 0.05) is 31.4 Å². The first-order valence-electron chi connectivity index (χ1n) is 10.6. The molecule has 160 valence electrons. The first-order chi connectivity index (χ1) is 14.3. The number of benzene rings is 1. The van der Waals surface area contributed by atoms with Crippen molar-refractivity contribution in [2.45, 2.75) is 44.8 Å². The Hall–Kier alpha value is -2.67. The van der Waals surface area contributed by atoms with Gasteiger partial charge in [-0.05, 0) is 39.7 Å². The summed E-state index contributed by atoms with van der Waals surface area (Å²) in [6.45, 7) is 9.06. The smallest absolute Gasteiger partial charge is 0.410 e. The molecule has 0 saturated carbocycles. The summed E-state index contributed by atoms with van der Waals surface area (Å²) in [6.07, 6.45) is 3.13. The van der Waals surface area contributed by atoms with Gasteiger partial charge in [0.05, 0.1) is 24.4 Å². The highest BCUT2D eigenvalue weighted by molar-refractivity contribution is 5.68. The molecule has 1 aromatic carbocycles. The van der Waals surface area contributed by atoms with Crippen LogP contribution in [0.4, 0.5) is 10.7 Å². The number of anilines is 1. The molecule has 2 aliphatic heterocycles. The second kappa shape index (κ2) is 8.22. The monoisotopic (exact) mass is 410 g/mol. The number of nitrogens with zero attached hydrogens (tertiary/aromatic N) is 4. The zero-order chi connectivity index (χ0) is 21.2. The van der Waals surface area contributed by atoms with Crippen molar-refractivity contribution in [3.8, 4) is 11.3 Å². The minimum absolute atomic E-state index is 0.246. The highest BCUT2D eigenvalue weighted by atomic mass is 16.6. The van der Waals surface area contributed by atoms with Gasteiger partial charge in [-0.25, -0.2) is 14.8 Å². The van der Waals surface area contributed by atoms with E-state index in [1.807, 2.05) is 51.2 Å². The van der Waals surface area contributed by atoms with Crippen LogP contribution in [-0.2, 0) is 9.47 Å². The van der Waals surface area contributed by atoms with Crippen LogP contribution in [0.25, 0.3) is 11.3 Å². The van der Waals surface area contributed by atoms with Gasteiger partial charge < -0.3 is 19.3 Å². The fourth-order valence-electron chi connectivity index (χ4n) is 4.01. The molecule has 0 N–H and O–H groups in total. The molecule has 2 saturated heterocycles. The number of amides is 1. The van der Waals surface area contributed by atoms with Crippen molar-refractivity contribution in [3.05, 3.63) is 42.6 Å². The molecule has 2 aliphatic rings. The first-order valence-corrected chi connectivity index (χ1v) is 10.6. The quantitative estimate of drug-likeness (QED) is 0.751. The van der Waals surface area contributed by atoms with Crippen LogP contribution >= 0.6 is 0 Å². The number of morpholine rings is 1. The topological polar surface area (TPSA) is 67.8 Å². The number of carbonyl (C=O) groups is 1. The number of rotatable bonds is 2. The molecule has 30 heavy (non-hydrogen) atoms. The molecular weight excluding hydrogens is 380 g/mol. The van der Waals surface area contributed by atoms with E-state index in [1.165, 1.54) is 0 Å². The van der Waals surface area contributed by atoms with Crippen molar-refractivity contribution in [1.82, 2.24) is 14.9 Å². The van der Waals surface area contributed by atoms with E-state index in [2.05, 4.69) is 22.0 Å². The average Bonchev–Trinajstić information content (AvgIpc) is 2.74. The normalized spacial score (nSPS) is 19.0. The van der Waals surface area contributed by atoms with Gasteiger partial charge in [0.1, 0.15) is 5.60 Å². The highest BCUT2D eigenvalue weighted by Gasteiger charge is 2.42. The van der Waals surface area contributed by atoms with Gasteiger partial charge in [-0.2, -0.15) is 0 Å². The van der Waals surface area contributed by atoms with Gasteiger partial charge in [0.15, 0.2) is 0 Å². The minimum Gasteiger partial charge on any atom is -0.444 e. The van der Waals surface area contributed by atoms with E-state index in [9.17, 15) is 4.79 Å². The van der Waals surface area contributed by atoms with Crippen LogP contribution in [0.3, 0.4) is 0 Å². The molecule has 1 aromatic heterocycles. The SMILES string of the molecule is CC(C)(C)OC(=O)N1CCC2(CC1)CN(c1nccc(-c3ccccc3)n1)CCO2. The lowest BCUT2D eigenvalue weighted by molar-refractivity contribution is -0.0915. The summed E-state index contributed by atoms with van der Waals surface area (Å²) in [4.78, 5) is 25.7. The zero-order valence-corrected chi connectivity index (χ0v) is 18.0. The molecule has 2 aromatic rings. The molecule has 0 atom stereocenters. The summed E-state index contributed by atoms with van der Waals surface area (Å²) in [5, 5.41) is 0. The Bertz CT molecular complexity index is 874. The minimum atomic E-state index is -0.481. The number of hydrogen-bond acceptors (Lipinski definition) is 6. The molecule has 0 aliphatic carbocycles. The molecule has 4 rings (SSSR count). The Morgan fingerprint density at radius 2 is 1.83 bits per heavy atom. The molecule has 7 nitrogen and oxygen atoms in total. The Morgan fingerprint density at radius 1 is 1.10 bits per heavy atom. The number of likely N-dealkylation sites (tertiary alicyclic amines) is 1. The molecule has 7 heteroatoms. The van der Waals surface area contributed by atoms with E-state index >= 15 is 0 Å². The molecular formula is C23H30N4O3. The lowest BCUT2D eigenvalue weighted by Crippen LogP contribution is -2.58. The zero-order valence-electron chi connectivity index (χ0n) is 18.0. The number of hydrogen-bond donors (Lipinski definition) is 0. The van der Waals surface area contributed by atoms with E-state index < -0.39 is 5.60 Å². The summed E-state index contributed by atoms with van der Waals surface area (Å²) < 4.78 is 11.7. The van der Waals surface area contributed by atoms with Crippen molar-refractivity contribution < 1.29 is 14.3 Å². The maximum absolute atomic E-state index is 12.4. The maximum Gasteiger partial charge on any atom is 0.410 e. The molecule has 3 heterocycles. The van der Waals surface area contributed by atoms with E-state index in [4.69, 9.17) is 14.5 Å². The van der Waals surface area contributed by atoms with E-state index in [0.29, 0.717) is 19.7 Å². The van der Waals surface area contributed by atoms with E-state index in [-0.39, 0.29) is 11.7 Å². The summed E-state index contributed by atoms with van der Waals surface area (Å²) in [7, 11) is 0. The molecule has 2 fully saturated rings. The molecule has 0 bridgehead atoms. The third-order valence-corrected chi connectivity index (χ3v) is 5.57. The third-order valence-electron chi connectivity index (χ3n) is 5.57. The molecule has 0 radical (unpaired) electrons.